The lowest BCUT2D eigenvalue weighted by atomic mass is 9.84. The van der Waals surface area contributed by atoms with Gasteiger partial charge in [0.25, 0.3) is 0 Å². The van der Waals surface area contributed by atoms with E-state index < -0.39 is 29.4 Å². The number of carbonyl (C=O) groups is 2. The Kier molecular flexibility index (Phi) is 5.58. The Balaban J connectivity index is 1.79. The van der Waals surface area contributed by atoms with E-state index in [2.05, 4.69) is 0 Å². The van der Waals surface area contributed by atoms with Gasteiger partial charge in [-0.3, -0.25) is 4.79 Å². The summed E-state index contributed by atoms with van der Waals surface area (Å²) in [5.41, 5.74) is -1.53. The molecule has 0 aromatic heterocycles. The minimum absolute atomic E-state index is 0.00246. The Labute approximate surface area is 168 Å². The number of halogens is 3. The lowest BCUT2D eigenvalue weighted by Gasteiger charge is -2.39. The van der Waals surface area contributed by atoms with Crippen molar-refractivity contribution in [1.29, 1.82) is 0 Å². The molecule has 0 spiro atoms. The molecule has 2 saturated heterocycles. The minimum Gasteiger partial charge on any atom is -0.497 e. The zero-order valence-corrected chi connectivity index (χ0v) is 17.0. The van der Waals surface area contributed by atoms with Gasteiger partial charge in [-0.05, 0) is 64.7 Å². The molecule has 2 heterocycles. The second-order valence-corrected chi connectivity index (χ2v) is 8.75. The van der Waals surface area contributed by atoms with Crippen LogP contribution in [-0.2, 0) is 10.9 Å². The van der Waals surface area contributed by atoms with Crippen LogP contribution in [-0.4, -0.2) is 41.6 Å². The smallest absolute Gasteiger partial charge is 0.416 e. The SMILES string of the molecule is COc1cc(C(=O)C2CC3CCC(C2)N3C(=O)OC(C)(C)C)cc(C(F)(F)F)c1. The highest BCUT2D eigenvalue weighted by Gasteiger charge is 2.46. The summed E-state index contributed by atoms with van der Waals surface area (Å²) in [6.45, 7) is 5.39. The molecule has 0 aliphatic carbocycles. The first-order valence-corrected chi connectivity index (χ1v) is 9.71. The van der Waals surface area contributed by atoms with E-state index in [1.165, 1.54) is 13.2 Å². The van der Waals surface area contributed by atoms with Gasteiger partial charge in [0.1, 0.15) is 11.4 Å². The van der Waals surface area contributed by atoms with Crippen molar-refractivity contribution in [3.8, 4) is 5.75 Å². The molecule has 0 saturated carbocycles. The van der Waals surface area contributed by atoms with Crippen LogP contribution >= 0.6 is 0 Å². The van der Waals surface area contributed by atoms with Gasteiger partial charge in [-0.15, -0.1) is 0 Å². The maximum absolute atomic E-state index is 13.2. The van der Waals surface area contributed by atoms with Gasteiger partial charge in [-0.1, -0.05) is 0 Å². The highest BCUT2D eigenvalue weighted by molar-refractivity contribution is 5.98. The van der Waals surface area contributed by atoms with Crippen molar-refractivity contribution in [1.82, 2.24) is 4.90 Å². The Bertz CT molecular complexity index is 786. The zero-order chi connectivity index (χ0) is 21.6. The number of methoxy groups -OCH3 is 1. The van der Waals surface area contributed by atoms with E-state index >= 15 is 0 Å². The molecule has 2 fully saturated rings. The summed E-state index contributed by atoms with van der Waals surface area (Å²) >= 11 is 0. The molecule has 0 radical (unpaired) electrons. The standard InChI is InChI=1S/C21H26F3NO4/c1-20(2,3)29-19(27)25-15-5-6-16(25)9-13(8-15)18(26)12-7-14(21(22,23)24)11-17(10-12)28-4/h7,10-11,13,15-16H,5-6,8-9H2,1-4H3. The molecule has 2 bridgehead atoms. The lowest BCUT2D eigenvalue weighted by Crippen LogP contribution is -2.49. The molecule has 29 heavy (non-hydrogen) atoms. The molecule has 1 amide bonds. The number of piperidine rings is 1. The number of benzene rings is 1. The van der Waals surface area contributed by atoms with Crippen LogP contribution in [0.1, 0.15) is 62.4 Å². The summed E-state index contributed by atoms with van der Waals surface area (Å²) < 4.78 is 50.0. The fourth-order valence-corrected chi connectivity index (χ4v) is 4.26. The normalized spacial score (nSPS) is 24.4. The van der Waals surface area contributed by atoms with Crippen LogP contribution in [0.25, 0.3) is 0 Å². The van der Waals surface area contributed by atoms with Crippen LogP contribution in [0.3, 0.4) is 0 Å². The van der Waals surface area contributed by atoms with Gasteiger partial charge < -0.3 is 14.4 Å². The first kappa shape index (κ1) is 21.5. The number of Topliss-reactive ketones (excluding diaryl/α,β-unsaturated/α-hetero) is 1. The van der Waals surface area contributed by atoms with E-state index in [-0.39, 0.29) is 29.2 Å². The average molecular weight is 413 g/mol. The van der Waals surface area contributed by atoms with E-state index in [0.717, 1.165) is 25.0 Å². The third kappa shape index (κ3) is 4.67. The molecular weight excluding hydrogens is 387 g/mol. The second-order valence-electron chi connectivity index (χ2n) is 8.75. The quantitative estimate of drug-likeness (QED) is 0.649. The van der Waals surface area contributed by atoms with Crippen molar-refractivity contribution in [2.75, 3.05) is 7.11 Å². The highest BCUT2D eigenvalue weighted by atomic mass is 19.4. The number of ether oxygens (including phenoxy) is 2. The second kappa shape index (κ2) is 7.54. The van der Waals surface area contributed by atoms with E-state index in [1.54, 1.807) is 25.7 Å². The zero-order valence-electron chi connectivity index (χ0n) is 17.0. The Morgan fingerprint density at radius 1 is 1.03 bits per heavy atom. The van der Waals surface area contributed by atoms with E-state index in [0.29, 0.717) is 12.8 Å². The van der Waals surface area contributed by atoms with Gasteiger partial charge in [-0.25, -0.2) is 4.79 Å². The maximum Gasteiger partial charge on any atom is 0.416 e. The van der Waals surface area contributed by atoms with Crippen LogP contribution in [0.15, 0.2) is 18.2 Å². The number of carbonyl (C=O) groups excluding carboxylic acids is 2. The number of nitrogens with zero attached hydrogens (tertiary/aromatic N) is 1. The van der Waals surface area contributed by atoms with Gasteiger partial charge in [-0.2, -0.15) is 13.2 Å². The Morgan fingerprint density at radius 2 is 1.62 bits per heavy atom. The third-order valence-electron chi connectivity index (χ3n) is 5.46. The maximum atomic E-state index is 13.2. The number of hydrogen-bond donors (Lipinski definition) is 0. The number of hydrogen-bond acceptors (Lipinski definition) is 4. The number of fused-ring (bicyclic) bond motifs is 2. The molecule has 160 valence electrons. The molecule has 2 unspecified atom stereocenters. The average Bonchev–Trinajstić information content (AvgIpc) is 2.88. The molecule has 0 N–H and O–H groups in total. The molecule has 2 aliphatic rings. The fourth-order valence-electron chi connectivity index (χ4n) is 4.26. The monoisotopic (exact) mass is 413 g/mol. The topological polar surface area (TPSA) is 55.8 Å². The Morgan fingerprint density at radius 3 is 2.10 bits per heavy atom. The van der Waals surface area contributed by atoms with E-state index in [4.69, 9.17) is 9.47 Å². The van der Waals surface area contributed by atoms with E-state index in [9.17, 15) is 22.8 Å². The Hall–Kier alpha value is -2.25. The van der Waals surface area contributed by atoms with Gasteiger partial charge in [0.05, 0.1) is 12.7 Å². The molecule has 2 atom stereocenters. The predicted molar refractivity (Wildman–Crippen MR) is 99.9 cm³/mol. The van der Waals surface area contributed by atoms with Crippen molar-refractivity contribution in [3.05, 3.63) is 29.3 Å². The lowest BCUT2D eigenvalue weighted by molar-refractivity contribution is -0.137. The summed E-state index contributed by atoms with van der Waals surface area (Å²) in [7, 11) is 1.27. The molecule has 1 aromatic carbocycles. The minimum atomic E-state index is -4.57. The van der Waals surface area contributed by atoms with Crippen LogP contribution in [0.4, 0.5) is 18.0 Å². The van der Waals surface area contributed by atoms with Crippen molar-refractivity contribution < 1.29 is 32.2 Å². The molecule has 1 aromatic rings. The molecular formula is C21H26F3NO4. The fraction of sp³-hybridized carbons (Fsp3) is 0.619. The number of alkyl halides is 3. The van der Waals surface area contributed by atoms with Crippen LogP contribution in [0.2, 0.25) is 0 Å². The van der Waals surface area contributed by atoms with Crippen LogP contribution in [0.5, 0.6) is 5.75 Å². The van der Waals surface area contributed by atoms with Crippen molar-refractivity contribution in [3.63, 3.8) is 0 Å². The predicted octanol–water partition coefficient (Wildman–Crippen LogP) is 5.07. The summed E-state index contributed by atoms with van der Waals surface area (Å²) in [5, 5.41) is 0. The molecule has 5 nitrogen and oxygen atoms in total. The summed E-state index contributed by atoms with van der Waals surface area (Å²) in [4.78, 5) is 27.3. The number of ketones is 1. The molecule has 8 heteroatoms. The molecule has 3 rings (SSSR count). The van der Waals surface area contributed by atoms with Gasteiger partial charge in [0.15, 0.2) is 5.78 Å². The van der Waals surface area contributed by atoms with Crippen LogP contribution < -0.4 is 4.74 Å². The third-order valence-corrected chi connectivity index (χ3v) is 5.46. The van der Waals surface area contributed by atoms with E-state index in [1.807, 2.05) is 0 Å². The van der Waals surface area contributed by atoms with Crippen molar-refractivity contribution in [2.45, 2.75) is 70.3 Å². The van der Waals surface area contributed by atoms with Gasteiger partial charge in [0, 0.05) is 23.6 Å². The number of rotatable bonds is 3. The van der Waals surface area contributed by atoms with Gasteiger partial charge in [0.2, 0.25) is 0 Å². The first-order valence-electron chi connectivity index (χ1n) is 9.71. The van der Waals surface area contributed by atoms with Crippen LogP contribution in [0, 0.1) is 5.92 Å². The van der Waals surface area contributed by atoms with Crippen molar-refractivity contribution >= 4 is 11.9 Å². The number of amides is 1. The summed E-state index contributed by atoms with van der Waals surface area (Å²) in [5.74, 6) is -0.771. The largest absolute Gasteiger partial charge is 0.497 e. The summed E-state index contributed by atoms with van der Waals surface area (Å²) in [6.07, 6.45) is -2.58. The first-order chi connectivity index (χ1) is 13.4. The van der Waals surface area contributed by atoms with Gasteiger partial charge >= 0.3 is 12.3 Å². The molecule has 2 aliphatic heterocycles. The highest BCUT2D eigenvalue weighted by Crippen LogP contribution is 2.41. The summed E-state index contributed by atoms with van der Waals surface area (Å²) in [6, 6.07) is 2.84. The van der Waals surface area contributed by atoms with Crippen molar-refractivity contribution in [2.24, 2.45) is 5.92 Å².